The summed E-state index contributed by atoms with van der Waals surface area (Å²) in [5, 5.41) is 2.15. The van der Waals surface area contributed by atoms with Crippen LogP contribution in [0.4, 0.5) is 5.95 Å². The van der Waals surface area contributed by atoms with Crippen LogP contribution in [-0.4, -0.2) is 42.4 Å². The predicted octanol–water partition coefficient (Wildman–Crippen LogP) is 2.41. The zero-order valence-corrected chi connectivity index (χ0v) is 17.4. The van der Waals surface area contributed by atoms with E-state index in [1.807, 2.05) is 0 Å². The molecule has 1 aromatic heterocycles. The van der Waals surface area contributed by atoms with Crippen molar-refractivity contribution in [2.75, 3.05) is 5.32 Å². The van der Waals surface area contributed by atoms with Crippen LogP contribution in [0.5, 0.6) is 0 Å². The van der Waals surface area contributed by atoms with Gasteiger partial charge in [-0.25, -0.2) is 27.9 Å². The van der Waals surface area contributed by atoms with E-state index in [-0.39, 0.29) is 32.5 Å². The Labute approximate surface area is 176 Å². The minimum atomic E-state index is -3.93. The Hall–Kier alpha value is -2.27. The summed E-state index contributed by atoms with van der Waals surface area (Å²) in [6, 6.07) is 3.60. The monoisotopic (exact) mass is 458 g/mol. The lowest BCUT2D eigenvalue weighted by atomic mass is 10.2. The van der Waals surface area contributed by atoms with Crippen LogP contribution in [0.2, 0.25) is 10.0 Å². The standard InChI is InChI=1S/C17H16Cl2N4O5S/c1-9(15(24)22-17-20-5-2-6-21-17)28-16(25)11-7-14(13(19)8-12(11)18)29(26,27)23-10-3-4-10/h2,5-10,23H,3-4H2,1H3,(H,20,21,22,24). The molecule has 1 unspecified atom stereocenters. The normalized spacial score (nSPS) is 14.9. The van der Waals surface area contributed by atoms with Gasteiger partial charge in [-0.3, -0.25) is 10.1 Å². The van der Waals surface area contributed by atoms with Crippen LogP contribution in [0, 0.1) is 0 Å². The average molecular weight is 459 g/mol. The number of anilines is 1. The Morgan fingerprint density at radius 3 is 2.45 bits per heavy atom. The van der Waals surface area contributed by atoms with E-state index in [4.69, 9.17) is 27.9 Å². The molecular weight excluding hydrogens is 443 g/mol. The number of hydrogen-bond acceptors (Lipinski definition) is 7. The predicted molar refractivity (Wildman–Crippen MR) is 105 cm³/mol. The van der Waals surface area contributed by atoms with E-state index < -0.39 is 28.0 Å². The second-order valence-corrected chi connectivity index (χ2v) is 8.76. The van der Waals surface area contributed by atoms with Crippen molar-refractivity contribution in [3.8, 4) is 0 Å². The van der Waals surface area contributed by atoms with Gasteiger partial charge in [0.05, 0.1) is 15.6 Å². The van der Waals surface area contributed by atoms with Crippen LogP contribution in [0.25, 0.3) is 0 Å². The number of rotatable bonds is 7. The molecule has 0 radical (unpaired) electrons. The largest absolute Gasteiger partial charge is 0.449 e. The summed E-state index contributed by atoms with van der Waals surface area (Å²) < 4.78 is 32.5. The number of carbonyl (C=O) groups is 2. The van der Waals surface area contributed by atoms with Crippen molar-refractivity contribution >= 4 is 51.0 Å². The Kier molecular flexibility index (Phi) is 6.37. The number of sulfonamides is 1. The Bertz CT molecular complexity index is 1050. The van der Waals surface area contributed by atoms with Gasteiger partial charge in [-0.2, -0.15) is 0 Å². The van der Waals surface area contributed by atoms with Crippen molar-refractivity contribution in [1.29, 1.82) is 0 Å². The number of amides is 1. The topological polar surface area (TPSA) is 127 Å². The highest BCUT2D eigenvalue weighted by Crippen LogP contribution is 2.31. The SMILES string of the molecule is CC(OC(=O)c1cc(S(=O)(=O)NC2CC2)c(Cl)cc1Cl)C(=O)Nc1ncccn1. The summed E-state index contributed by atoms with van der Waals surface area (Å²) in [6.07, 6.45) is 3.12. The van der Waals surface area contributed by atoms with Gasteiger partial charge < -0.3 is 4.74 Å². The first kappa shape index (κ1) is 21.4. The second kappa shape index (κ2) is 8.62. The molecule has 1 aliphatic carbocycles. The summed E-state index contributed by atoms with van der Waals surface area (Å²) in [4.78, 5) is 32.0. The average Bonchev–Trinajstić information content (AvgIpc) is 3.45. The zero-order chi connectivity index (χ0) is 21.2. The first-order valence-electron chi connectivity index (χ1n) is 8.47. The first-order chi connectivity index (χ1) is 13.7. The molecule has 2 aromatic rings. The maximum Gasteiger partial charge on any atom is 0.340 e. The fourth-order valence-corrected chi connectivity index (χ4v) is 4.38. The number of nitrogens with one attached hydrogen (secondary N) is 2. The molecule has 3 rings (SSSR count). The van der Waals surface area contributed by atoms with E-state index >= 15 is 0 Å². The van der Waals surface area contributed by atoms with Gasteiger partial charge in [-0.05, 0) is 38.0 Å². The minimum absolute atomic E-state index is 0.0458. The quantitative estimate of drug-likeness (QED) is 0.609. The van der Waals surface area contributed by atoms with E-state index in [1.165, 1.54) is 19.3 Å². The van der Waals surface area contributed by atoms with Crippen molar-refractivity contribution in [2.24, 2.45) is 0 Å². The van der Waals surface area contributed by atoms with Crippen LogP contribution in [0.1, 0.15) is 30.1 Å². The number of esters is 1. The molecular formula is C17H16Cl2N4O5S. The highest BCUT2D eigenvalue weighted by molar-refractivity contribution is 7.89. The van der Waals surface area contributed by atoms with Gasteiger partial charge in [-0.1, -0.05) is 23.2 Å². The third-order valence-corrected chi connectivity index (χ3v) is 6.18. The third kappa shape index (κ3) is 5.41. The summed E-state index contributed by atoms with van der Waals surface area (Å²) in [5.41, 5.74) is -0.233. The molecule has 9 nitrogen and oxygen atoms in total. The number of nitrogens with zero attached hydrogens (tertiary/aromatic N) is 2. The fraction of sp³-hybridized carbons (Fsp3) is 0.294. The molecule has 1 fully saturated rings. The fourth-order valence-electron chi connectivity index (χ4n) is 2.23. The Balaban J connectivity index is 1.76. The van der Waals surface area contributed by atoms with Gasteiger partial charge >= 0.3 is 5.97 Å². The Morgan fingerprint density at radius 1 is 1.17 bits per heavy atom. The van der Waals surface area contributed by atoms with Crippen molar-refractivity contribution in [1.82, 2.24) is 14.7 Å². The molecule has 1 atom stereocenters. The Morgan fingerprint density at radius 2 is 1.83 bits per heavy atom. The van der Waals surface area contributed by atoms with E-state index in [2.05, 4.69) is 20.0 Å². The molecule has 1 amide bonds. The zero-order valence-electron chi connectivity index (χ0n) is 15.1. The lowest BCUT2D eigenvalue weighted by molar-refractivity contribution is -0.123. The van der Waals surface area contributed by atoms with Gasteiger partial charge in [0.1, 0.15) is 4.90 Å². The van der Waals surface area contributed by atoms with Crippen LogP contribution in [0.3, 0.4) is 0 Å². The lowest BCUT2D eigenvalue weighted by Crippen LogP contribution is -2.31. The van der Waals surface area contributed by atoms with Crippen LogP contribution >= 0.6 is 23.2 Å². The summed E-state index contributed by atoms with van der Waals surface area (Å²) in [6.45, 7) is 1.34. The van der Waals surface area contributed by atoms with Crippen molar-refractivity contribution in [3.63, 3.8) is 0 Å². The van der Waals surface area contributed by atoms with Crippen molar-refractivity contribution in [3.05, 3.63) is 46.2 Å². The van der Waals surface area contributed by atoms with Crippen LogP contribution in [-0.2, 0) is 19.6 Å². The van der Waals surface area contributed by atoms with Gasteiger partial charge in [0.25, 0.3) is 5.91 Å². The van der Waals surface area contributed by atoms with Crippen molar-refractivity contribution < 1.29 is 22.7 Å². The minimum Gasteiger partial charge on any atom is -0.449 e. The van der Waals surface area contributed by atoms with E-state index in [0.29, 0.717) is 0 Å². The molecule has 0 aliphatic heterocycles. The van der Waals surface area contributed by atoms with Gasteiger partial charge in [0.2, 0.25) is 16.0 Å². The van der Waals surface area contributed by atoms with E-state index in [9.17, 15) is 18.0 Å². The number of hydrogen-bond donors (Lipinski definition) is 2. The van der Waals surface area contributed by atoms with Crippen LogP contribution < -0.4 is 10.0 Å². The maximum atomic E-state index is 12.5. The maximum absolute atomic E-state index is 12.5. The third-order valence-electron chi connectivity index (χ3n) is 3.88. The first-order valence-corrected chi connectivity index (χ1v) is 10.7. The molecule has 1 heterocycles. The van der Waals surface area contributed by atoms with Crippen LogP contribution in [0.15, 0.2) is 35.5 Å². The van der Waals surface area contributed by atoms with Gasteiger partial charge in [-0.15, -0.1) is 0 Å². The lowest BCUT2D eigenvalue weighted by Gasteiger charge is -2.15. The molecule has 0 spiro atoms. The van der Waals surface area contributed by atoms with Gasteiger partial charge in [0.15, 0.2) is 6.10 Å². The number of ether oxygens (including phenoxy) is 1. The van der Waals surface area contributed by atoms with E-state index in [1.54, 1.807) is 6.07 Å². The molecule has 0 bridgehead atoms. The molecule has 1 aromatic carbocycles. The molecule has 29 heavy (non-hydrogen) atoms. The van der Waals surface area contributed by atoms with E-state index in [0.717, 1.165) is 25.0 Å². The smallest absolute Gasteiger partial charge is 0.340 e. The summed E-state index contributed by atoms with van der Waals surface area (Å²) in [5.74, 6) is -1.60. The molecule has 0 saturated heterocycles. The molecule has 1 saturated carbocycles. The highest BCUT2D eigenvalue weighted by atomic mass is 35.5. The number of halogens is 2. The molecule has 2 N–H and O–H groups in total. The van der Waals surface area contributed by atoms with Crippen molar-refractivity contribution in [2.45, 2.75) is 36.8 Å². The number of benzene rings is 1. The highest BCUT2D eigenvalue weighted by Gasteiger charge is 2.31. The van der Waals surface area contributed by atoms with Gasteiger partial charge in [0, 0.05) is 18.4 Å². The molecule has 154 valence electrons. The molecule has 12 heteroatoms. The molecule has 1 aliphatic rings. The number of aromatic nitrogens is 2. The summed E-state index contributed by atoms with van der Waals surface area (Å²) >= 11 is 12.0. The number of carbonyl (C=O) groups excluding carboxylic acids is 2. The second-order valence-electron chi connectivity index (χ2n) is 6.27. The summed E-state index contributed by atoms with van der Waals surface area (Å²) in [7, 11) is -3.93.